The third-order valence-corrected chi connectivity index (χ3v) is 3.20. The van der Waals surface area contributed by atoms with Crippen molar-refractivity contribution in [2.45, 2.75) is 26.2 Å². The summed E-state index contributed by atoms with van der Waals surface area (Å²) in [6.07, 6.45) is 4.24. The molecule has 0 unspecified atom stereocenters. The maximum absolute atomic E-state index is 11.9. The first-order valence-corrected chi connectivity index (χ1v) is 8.03. The SMILES string of the molecule is CCCCOCCCNC(=O)/C(C#N)=C\Nc1cccc(Cl)c1. The fraction of sp³-hybridized carbons (Fsp3) is 0.412. The number of carbonyl (C=O) groups excluding carboxylic acids is 1. The number of hydrogen-bond donors (Lipinski definition) is 2. The molecule has 0 fully saturated rings. The number of hydrogen-bond acceptors (Lipinski definition) is 4. The molecule has 0 aromatic heterocycles. The van der Waals surface area contributed by atoms with Crippen LogP contribution in [0.25, 0.3) is 0 Å². The van der Waals surface area contributed by atoms with Crippen LogP contribution in [0.5, 0.6) is 0 Å². The van der Waals surface area contributed by atoms with Crippen molar-refractivity contribution in [3.05, 3.63) is 41.1 Å². The lowest BCUT2D eigenvalue weighted by atomic mass is 10.2. The number of carbonyl (C=O) groups is 1. The monoisotopic (exact) mass is 335 g/mol. The molecule has 1 amide bonds. The number of ether oxygens (including phenoxy) is 1. The number of halogens is 1. The molecule has 0 spiro atoms. The van der Waals surface area contributed by atoms with E-state index in [1.165, 1.54) is 6.20 Å². The third-order valence-electron chi connectivity index (χ3n) is 2.97. The van der Waals surface area contributed by atoms with E-state index in [2.05, 4.69) is 17.6 Å². The second-order valence-electron chi connectivity index (χ2n) is 4.90. The van der Waals surface area contributed by atoms with Gasteiger partial charge in [-0.2, -0.15) is 5.26 Å². The molecule has 0 aliphatic heterocycles. The van der Waals surface area contributed by atoms with Crippen LogP contribution in [-0.4, -0.2) is 25.7 Å². The smallest absolute Gasteiger partial charge is 0.263 e. The standard InChI is InChI=1S/C17H22ClN3O2/c1-2-3-9-23-10-5-8-20-17(22)14(12-19)13-21-16-7-4-6-15(18)11-16/h4,6-7,11,13,21H,2-3,5,8-10H2,1H3,(H,20,22)/b14-13-. The highest BCUT2D eigenvalue weighted by atomic mass is 35.5. The Morgan fingerprint density at radius 3 is 2.87 bits per heavy atom. The number of nitrogens with one attached hydrogen (secondary N) is 2. The Bertz CT molecular complexity index is 567. The molecule has 1 rings (SSSR count). The fourth-order valence-electron chi connectivity index (χ4n) is 1.70. The lowest BCUT2D eigenvalue weighted by Crippen LogP contribution is -2.26. The summed E-state index contributed by atoms with van der Waals surface area (Å²) in [6.45, 7) is 3.93. The van der Waals surface area contributed by atoms with E-state index in [9.17, 15) is 4.79 Å². The van der Waals surface area contributed by atoms with Crippen molar-refractivity contribution in [2.75, 3.05) is 25.1 Å². The molecule has 124 valence electrons. The normalized spacial score (nSPS) is 10.9. The number of benzene rings is 1. The zero-order chi connectivity index (χ0) is 16.9. The van der Waals surface area contributed by atoms with Crippen LogP contribution >= 0.6 is 11.6 Å². The van der Waals surface area contributed by atoms with Crippen molar-refractivity contribution in [3.63, 3.8) is 0 Å². The molecule has 0 bridgehead atoms. The Hall–Kier alpha value is -2.03. The first-order valence-electron chi connectivity index (χ1n) is 7.65. The molecule has 0 aliphatic carbocycles. The van der Waals surface area contributed by atoms with Crippen LogP contribution in [0.3, 0.4) is 0 Å². The number of nitrogens with zero attached hydrogens (tertiary/aromatic N) is 1. The Morgan fingerprint density at radius 1 is 1.39 bits per heavy atom. The van der Waals surface area contributed by atoms with Gasteiger partial charge in [-0.05, 0) is 31.0 Å². The highest BCUT2D eigenvalue weighted by molar-refractivity contribution is 6.30. The van der Waals surface area contributed by atoms with Gasteiger partial charge in [0.1, 0.15) is 11.6 Å². The topological polar surface area (TPSA) is 74.1 Å². The average Bonchev–Trinajstić information content (AvgIpc) is 2.54. The van der Waals surface area contributed by atoms with E-state index >= 15 is 0 Å². The summed E-state index contributed by atoms with van der Waals surface area (Å²) in [5.74, 6) is -0.407. The lowest BCUT2D eigenvalue weighted by molar-refractivity contribution is -0.117. The van der Waals surface area contributed by atoms with E-state index in [1.807, 2.05) is 6.07 Å². The number of anilines is 1. The Morgan fingerprint density at radius 2 is 2.17 bits per heavy atom. The van der Waals surface area contributed by atoms with Gasteiger partial charge < -0.3 is 15.4 Å². The van der Waals surface area contributed by atoms with Crippen LogP contribution in [0.1, 0.15) is 26.2 Å². The van der Waals surface area contributed by atoms with E-state index in [1.54, 1.807) is 24.3 Å². The second-order valence-corrected chi connectivity index (χ2v) is 5.34. The van der Waals surface area contributed by atoms with E-state index in [-0.39, 0.29) is 5.57 Å². The predicted molar refractivity (Wildman–Crippen MR) is 92.1 cm³/mol. The van der Waals surface area contributed by atoms with Crippen LogP contribution in [0.15, 0.2) is 36.0 Å². The van der Waals surface area contributed by atoms with Gasteiger partial charge in [0.15, 0.2) is 0 Å². The quantitative estimate of drug-likeness (QED) is 0.390. The van der Waals surface area contributed by atoms with Crippen LogP contribution in [-0.2, 0) is 9.53 Å². The van der Waals surface area contributed by atoms with E-state index in [0.717, 1.165) is 25.9 Å². The van der Waals surface area contributed by atoms with Crippen molar-refractivity contribution in [2.24, 2.45) is 0 Å². The minimum Gasteiger partial charge on any atom is -0.381 e. The summed E-state index contributed by atoms with van der Waals surface area (Å²) in [5, 5.41) is 15.2. The third kappa shape index (κ3) is 8.24. The summed E-state index contributed by atoms with van der Waals surface area (Å²) in [4.78, 5) is 11.9. The predicted octanol–water partition coefficient (Wildman–Crippen LogP) is 3.48. The summed E-state index contributed by atoms with van der Waals surface area (Å²) < 4.78 is 5.40. The molecule has 2 N–H and O–H groups in total. The van der Waals surface area contributed by atoms with E-state index in [4.69, 9.17) is 21.6 Å². The molecule has 0 aliphatic rings. The summed E-state index contributed by atoms with van der Waals surface area (Å²) in [5.41, 5.74) is 0.722. The maximum atomic E-state index is 11.9. The average molecular weight is 336 g/mol. The molecule has 1 aromatic carbocycles. The largest absolute Gasteiger partial charge is 0.381 e. The van der Waals surface area contributed by atoms with E-state index < -0.39 is 5.91 Å². The lowest BCUT2D eigenvalue weighted by Gasteiger charge is -2.06. The van der Waals surface area contributed by atoms with Gasteiger partial charge in [-0.15, -0.1) is 0 Å². The summed E-state index contributed by atoms with van der Waals surface area (Å²) in [7, 11) is 0. The van der Waals surface area contributed by atoms with Crippen molar-refractivity contribution in [1.82, 2.24) is 5.32 Å². The molecule has 0 heterocycles. The van der Waals surface area contributed by atoms with Gasteiger partial charge >= 0.3 is 0 Å². The van der Waals surface area contributed by atoms with Crippen molar-refractivity contribution in [3.8, 4) is 6.07 Å². The Kier molecular flexibility index (Phi) is 9.53. The van der Waals surface area contributed by atoms with E-state index in [0.29, 0.717) is 23.9 Å². The number of amides is 1. The van der Waals surface area contributed by atoms with Gasteiger partial charge in [-0.3, -0.25) is 4.79 Å². The minimum atomic E-state index is -0.407. The first-order chi connectivity index (χ1) is 11.2. The highest BCUT2D eigenvalue weighted by Crippen LogP contribution is 2.15. The van der Waals surface area contributed by atoms with Gasteiger partial charge in [-0.25, -0.2) is 0 Å². The number of nitriles is 1. The van der Waals surface area contributed by atoms with Gasteiger partial charge in [0, 0.05) is 36.7 Å². The number of rotatable bonds is 10. The Labute approximate surface area is 142 Å². The van der Waals surface area contributed by atoms with Crippen LogP contribution < -0.4 is 10.6 Å². The minimum absolute atomic E-state index is 0.0110. The molecule has 5 nitrogen and oxygen atoms in total. The second kappa shape index (κ2) is 11.5. The van der Waals surface area contributed by atoms with Crippen LogP contribution in [0, 0.1) is 11.3 Å². The molecule has 1 aromatic rings. The van der Waals surface area contributed by atoms with Gasteiger partial charge in [0.25, 0.3) is 5.91 Å². The van der Waals surface area contributed by atoms with Gasteiger partial charge in [-0.1, -0.05) is 31.0 Å². The van der Waals surface area contributed by atoms with Crippen molar-refractivity contribution < 1.29 is 9.53 Å². The molecular formula is C17H22ClN3O2. The zero-order valence-electron chi connectivity index (χ0n) is 13.3. The fourth-order valence-corrected chi connectivity index (χ4v) is 1.89. The van der Waals surface area contributed by atoms with Crippen molar-refractivity contribution in [1.29, 1.82) is 5.26 Å². The highest BCUT2D eigenvalue weighted by Gasteiger charge is 2.07. The van der Waals surface area contributed by atoms with Crippen LogP contribution in [0.4, 0.5) is 5.69 Å². The summed E-state index contributed by atoms with van der Waals surface area (Å²) in [6, 6.07) is 8.91. The van der Waals surface area contributed by atoms with Crippen molar-refractivity contribution >= 4 is 23.2 Å². The molecule has 0 saturated carbocycles. The van der Waals surface area contributed by atoms with Gasteiger partial charge in [0.2, 0.25) is 0 Å². The molecule has 0 radical (unpaired) electrons. The number of unbranched alkanes of at least 4 members (excludes halogenated alkanes) is 1. The molecule has 0 atom stereocenters. The maximum Gasteiger partial charge on any atom is 0.263 e. The molecular weight excluding hydrogens is 314 g/mol. The molecule has 0 saturated heterocycles. The zero-order valence-corrected chi connectivity index (χ0v) is 14.0. The summed E-state index contributed by atoms with van der Waals surface area (Å²) >= 11 is 5.87. The molecule has 23 heavy (non-hydrogen) atoms. The Balaban J connectivity index is 2.34. The van der Waals surface area contributed by atoms with Gasteiger partial charge in [0.05, 0.1) is 0 Å². The first kappa shape index (κ1) is 19.0. The van der Waals surface area contributed by atoms with Crippen LogP contribution in [0.2, 0.25) is 5.02 Å². The molecule has 6 heteroatoms.